The summed E-state index contributed by atoms with van der Waals surface area (Å²) in [7, 11) is 0. The third-order valence-electron chi connectivity index (χ3n) is 2.78. The van der Waals surface area contributed by atoms with Crippen LogP contribution in [0.15, 0.2) is 36.5 Å². The molecular weight excluding hydrogens is 188 g/mol. The maximum absolute atomic E-state index is 9.10. The third-order valence-corrected chi connectivity index (χ3v) is 2.78. The number of anilines is 1. The molecule has 2 N–H and O–H groups in total. The minimum absolute atomic E-state index is 0.0994. The molecule has 1 aliphatic rings. The van der Waals surface area contributed by atoms with Gasteiger partial charge in [0.1, 0.15) is 0 Å². The van der Waals surface area contributed by atoms with E-state index in [0.29, 0.717) is 0 Å². The molecule has 1 aromatic heterocycles. The van der Waals surface area contributed by atoms with Gasteiger partial charge in [0.25, 0.3) is 0 Å². The zero-order chi connectivity index (χ0) is 10.3. The molecule has 3 heteroatoms. The quantitative estimate of drug-likeness (QED) is 0.739. The van der Waals surface area contributed by atoms with E-state index in [9.17, 15) is 0 Å². The molecule has 0 radical (unpaired) electrons. The Bertz CT molecular complexity index is 502. The number of aliphatic hydroxyl groups excluding tert-OH is 1. The van der Waals surface area contributed by atoms with Gasteiger partial charge in [-0.1, -0.05) is 18.2 Å². The van der Waals surface area contributed by atoms with Crippen molar-refractivity contribution in [1.29, 1.82) is 0 Å². The van der Waals surface area contributed by atoms with Gasteiger partial charge in [-0.2, -0.15) is 0 Å². The first-order valence-corrected chi connectivity index (χ1v) is 5.01. The summed E-state index contributed by atoms with van der Waals surface area (Å²) >= 11 is 0. The fourth-order valence-electron chi connectivity index (χ4n) is 2.05. The zero-order valence-electron chi connectivity index (χ0n) is 8.27. The van der Waals surface area contributed by atoms with Crippen molar-refractivity contribution in [2.75, 3.05) is 5.32 Å². The minimum atomic E-state index is 0.0994. The molecule has 0 aliphatic carbocycles. The molecule has 0 saturated heterocycles. The van der Waals surface area contributed by atoms with Crippen LogP contribution in [0.1, 0.15) is 5.56 Å². The van der Waals surface area contributed by atoms with Crippen LogP contribution in [0.3, 0.4) is 0 Å². The lowest BCUT2D eigenvalue weighted by molar-refractivity contribution is 0.282. The van der Waals surface area contributed by atoms with Crippen LogP contribution in [0.25, 0.3) is 11.3 Å². The van der Waals surface area contributed by atoms with Gasteiger partial charge in [0.2, 0.25) is 0 Å². The number of hydrogen-bond donors (Lipinski definition) is 2. The second-order valence-electron chi connectivity index (χ2n) is 3.74. The summed E-state index contributed by atoms with van der Waals surface area (Å²) in [6.07, 6.45) is 1.98. The van der Waals surface area contributed by atoms with E-state index in [1.807, 2.05) is 24.4 Å². The lowest BCUT2D eigenvalue weighted by Gasteiger charge is -2.20. The third kappa shape index (κ3) is 1.24. The highest BCUT2D eigenvalue weighted by Crippen LogP contribution is 2.32. The normalized spacial score (nSPS) is 12.9. The number of para-hydroxylation sites is 1. The summed E-state index contributed by atoms with van der Waals surface area (Å²) in [4.78, 5) is 0. The van der Waals surface area contributed by atoms with Gasteiger partial charge in [0, 0.05) is 17.4 Å². The SMILES string of the molecule is OCc1cc2n(c1)CNc1ccccc1-2. The molecule has 0 amide bonds. The Kier molecular flexibility index (Phi) is 1.79. The number of hydrogen-bond acceptors (Lipinski definition) is 2. The van der Waals surface area contributed by atoms with Crippen LogP contribution in [0.4, 0.5) is 5.69 Å². The van der Waals surface area contributed by atoms with Crippen molar-refractivity contribution in [2.45, 2.75) is 13.3 Å². The number of rotatable bonds is 1. The average Bonchev–Trinajstić information content (AvgIpc) is 2.72. The summed E-state index contributed by atoms with van der Waals surface area (Å²) in [6, 6.07) is 10.3. The zero-order valence-corrected chi connectivity index (χ0v) is 8.27. The molecule has 0 unspecified atom stereocenters. The average molecular weight is 200 g/mol. The standard InChI is InChI=1S/C12H12N2O/c15-7-9-5-12-10-3-1-2-4-11(10)13-8-14(12)6-9/h1-6,13,15H,7-8H2. The number of aliphatic hydroxyl groups is 1. The summed E-state index contributed by atoms with van der Waals surface area (Å²) in [5, 5.41) is 12.4. The van der Waals surface area contributed by atoms with Crippen LogP contribution in [-0.2, 0) is 13.3 Å². The Balaban J connectivity index is 2.20. The van der Waals surface area contributed by atoms with Gasteiger partial charge in [-0.15, -0.1) is 0 Å². The first kappa shape index (κ1) is 8.56. The number of benzene rings is 1. The van der Waals surface area contributed by atoms with E-state index in [1.165, 1.54) is 11.3 Å². The van der Waals surface area contributed by atoms with Crippen molar-refractivity contribution in [2.24, 2.45) is 0 Å². The predicted molar refractivity (Wildman–Crippen MR) is 59.4 cm³/mol. The fraction of sp³-hybridized carbons (Fsp3) is 0.167. The van der Waals surface area contributed by atoms with E-state index in [0.717, 1.165) is 17.9 Å². The molecule has 2 heterocycles. The summed E-state index contributed by atoms with van der Waals surface area (Å²) in [5.74, 6) is 0. The van der Waals surface area contributed by atoms with Gasteiger partial charge in [-0.05, 0) is 17.7 Å². The largest absolute Gasteiger partial charge is 0.392 e. The molecule has 0 saturated carbocycles. The Hall–Kier alpha value is -1.74. The van der Waals surface area contributed by atoms with E-state index in [1.54, 1.807) is 0 Å². The van der Waals surface area contributed by atoms with E-state index >= 15 is 0 Å². The molecule has 0 fully saturated rings. The van der Waals surface area contributed by atoms with Crippen molar-refractivity contribution in [3.63, 3.8) is 0 Å². The van der Waals surface area contributed by atoms with Gasteiger partial charge in [-0.25, -0.2) is 0 Å². The van der Waals surface area contributed by atoms with Gasteiger partial charge < -0.3 is 15.0 Å². The van der Waals surface area contributed by atoms with E-state index in [4.69, 9.17) is 5.11 Å². The Morgan fingerprint density at radius 1 is 1.33 bits per heavy atom. The second kappa shape index (κ2) is 3.14. The van der Waals surface area contributed by atoms with Crippen LogP contribution in [0.2, 0.25) is 0 Å². The number of aromatic nitrogens is 1. The van der Waals surface area contributed by atoms with Gasteiger partial charge in [-0.3, -0.25) is 0 Å². The first-order valence-electron chi connectivity index (χ1n) is 5.01. The monoisotopic (exact) mass is 200 g/mol. The lowest BCUT2D eigenvalue weighted by Crippen LogP contribution is -2.13. The number of fused-ring (bicyclic) bond motifs is 3. The molecular formula is C12H12N2O. The van der Waals surface area contributed by atoms with Crippen molar-refractivity contribution in [1.82, 2.24) is 4.57 Å². The molecule has 1 aliphatic heterocycles. The lowest BCUT2D eigenvalue weighted by atomic mass is 10.1. The fourth-order valence-corrected chi connectivity index (χ4v) is 2.05. The van der Waals surface area contributed by atoms with E-state index in [-0.39, 0.29) is 6.61 Å². The predicted octanol–water partition coefficient (Wildman–Crippen LogP) is 2.03. The van der Waals surface area contributed by atoms with Crippen molar-refractivity contribution >= 4 is 5.69 Å². The number of nitrogens with zero attached hydrogens (tertiary/aromatic N) is 1. The minimum Gasteiger partial charge on any atom is -0.392 e. The number of nitrogens with one attached hydrogen (secondary N) is 1. The van der Waals surface area contributed by atoms with Crippen molar-refractivity contribution < 1.29 is 5.11 Å². The maximum Gasteiger partial charge on any atom is 0.0920 e. The molecule has 0 spiro atoms. The van der Waals surface area contributed by atoms with Crippen LogP contribution in [0, 0.1) is 0 Å². The summed E-state index contributed by atoms with van der Waals surface area (Å²) < 4.78 is 2.12. The molecule has 1 aromatic carbocycles. The molecule has 76 valence electrons. The topological polar surface area (TPSA) is 37.2 Å². The molecule has 3 rings (SSSR count). The Labute approximate surface area is 88.0 Å². The second-order valence-corrected chi connectivity index (χ2v) is 3.74. The molecule has 0 bridgehead atoms. The highest BCUT2D eigenvalue weighted by Gasteiger charge is 2.15. The summed E-state index contributed by atoms with van der Waals surface area (Å²) in [6.45, 7) is 0.870. The van der Waals surface area contributed by atoms with Crippen LogP contribution < -0.4 is 5.32 Å². The Morgan fingerprint density at radius 2 is 2.20 bits per heavy atom. The van der Waals surface area contributed by atoms with Crippen LogP contribution >= 0.6 is 0 Å². The van der Waals surface area contributed by atoms with Gasteiger partial charge >= 0.3 is 0 Å². The Morgan fingerprint density at radius 3 is 3.07 bits per heavy atom. The van der Waals surface area contributed by atoms with E-state index in [2.05, 4.69) is 22.0 Å². The maximum atomic E-state index is 9.10. The first-order chi connectivity index (χ1) is 7.38. The highest BCUT2D eigenvalue weighted by molar-refractivity contribution is 5.78. The molecule has 15 heavy (non-hydrogen) atoms. The van der Waals surface area contributed by atoms with Crippen molar-refractivity contribution in [3.8, 4) is 11.3 Å². The highest BCUT2D eigenvalue weighted by atomic mass is 16.3. The van der Waals surface area contributed by atoms with Crippen LogP contribution in [-0.4, -0.2) is 9.67 Å². The molecule has 0 atom stereocenters. The van der Waals surface area contributed by atoms with Crippen LogP contribution in [0.5, 0.6) is 0 Å². The van der Waals surface area contributed by atoms with E-state index < -0.39 is 0 Å². The molecule has 2 aromatic rings. The molecule has 3 nitrogen and oxygen atoms in total. The van der Waals surface area contributed by atoms with Gasteiger partial charge in [0.15, 0.2) is 0 Å². The van der Waals surface area contributed by atoms with Crippen molar-refractivity contribution in [3.05, 3.63) is 42.1 Å². The van der Waals surface area contributed by atoms with Gasteiger partial charge in [0.05, 0.1) is 19.0 Å². The smallest absolute Gasteiger partial charge is 0.0920 e. The summed E-state index contributed by atoms with van der Waals surface area (Å²) in [5.41, 5.74) is 4.49.